The molecule has 1 unspecified atom stereocenters. The first-order valence-corrected chi connectivity index (χ1v) is 6.49. The molecule has 0 fully saturated rings. The van der Waals surface area contributed by atoms with Gasteiger partial charge in [0, 0.05) is 16.8 Å². The number of aromatic nitrogens is 2. The average Bonchev–Trinajstić information content (AvgIpc) is 2.59. The Balaban J connectivity index is 3.21. The number of halogens is 1. The zero-order chi connectivity index (χ0) is 13.2. The van der Waals surface area contributed by atoms with Gasteiger partial charge in [0.05, 0.1) is 19.0 Å². The molecule has 0 spiro atoms. The first kappa shape index (κ1) is 14.4. The van der Waals surface area contributed by atoms with E-state index in [4.69, 9.17) is 16.3 Å². The summed E-state index contributed by atoms with van der Waals surface area (Å²) < 4.78 is 7.44. The van der Waals surface area contributed by atoms with E-state index in [0.29, 0.717) is 6.04 Å². The molecule has 0 aliphatic rings. The quantitative estimate of drug-likeness (QED) is 0.752. The van der Waals surface area contributed by atoms with Gasteiger partial charge in [0.25, 0.3) is 0 Å². The molecule has 0 bridgehead atoms. The fraction of sp³-hybridized carbons (Fsp3) is 0.769. The fourth-order valence-corrected chi connectivity index (χ4v) is 2.72. The molecule has 0 saturated heterocycles. The molecule has 1 aromatic rings. The van der Waals surface area contributed by atoms with Gasteiger partial charge < -0.3 is 4.74 Å². The van der Waals surface area contributed by atoms with Crippen molar-refractivity contribution in [1.29, 1.82) is 0 Å². The van der Waals surface area contributed by atoms with Crippen LogP contribution in [-0.2, 0) is 5.41 Å². The average molecular weight is 259 g/mol. The van der Waals surface area contributed by atoms with Crippen molar-refractivity contribution in [3.63, 3.8) is 0 Å². The third-order valence-electron chi connectivity index (χ3n) is 2.90. The van der Waals surface area contributed by atoms with Gasteiger partial charge in [-0.3, -0.25) is 4.68 Å². The minimum atomic E-state index is -0.0483. The lowest BCUT2D eigenvalue weighted by Crippen LogP contribution is -2.26. The molecule has 1 atom stereocenters. The normalized spacial score (nSPS) is 14.1. The molecule has 3 nitrogen and oxygen atoms in total. The smallest absolute Gasteiger partial charge is 0.160 e. The monoisotopic (exact) mass is 258 g/mol. The predicted molar refractivity (Wildman–Crippen MR) is 72.1 cm³/mol. The van der Waals surface area contributed by atoms with Crippen molar-refractivity contribution in [2.75, 3.05) is 7.11 Å². The number of nitrogens with zero attached hydrogens (tertiary/aromatic N) is 2. The second-order valence-corrected chi connectivity index (χ2v) is 6.21. The van der Waals surface area contributed by atoms with Gasteiger partial charge in [0.15, 0.2) is 5.75 Å². The van der Waals surface area contributed by atoms with E-state index in [1.165, 1.54) is 0 Å². The highest BCUT2D eigenvalue weighted by molar-refractivity contribution is 6.20. The number of hydrogen-bond donors (Lipinski definition) is 0. The van der Waals surface area contributed by atoms with Crippen LogP contribution in [0.1, 0.15) is 52.8 Å². The fourth-order valence-electron chi connectivity index (χ4n) is 2.33. The predicted octanol–water partition coefficient (Wildman–Crippen LogP) is 3.77. The summed E-state index contributed by atoms with van der Waals surface area (Å²) in [6.07, 6.45) is 2.68. The molecule has 0 aliphatic carbocycles. The summed E-state index contributed by atoms with van der Waals surface area (Å²) in [5.74, 6) is 0.848. The summed E-state index contributed by atoms with van der Waals surface area (Å²) in [5, 5.41) is 4.54. The van der Waals surface area contributed by atoms with Crippen molar-refractivity contribution in [2.24, 2.45) is 0 Å². The third kappa shape index (κ3) is 3.15. The van der Waals surface area contributed by atoms with Gasteiger partial charge in [-0.1, -0.05) is 13.8 Å². The molecule has 98 valence electrons. The largest absolute Gasteiger partial charge is 0.493 e. The standard InChI is InChI=1S/C13H23ClN2O/c1-9(2)16-12(11(17-6)8-15-16)13(4,5)7-10(3)14/h8-10H,7H2,1-6H3. The molecule has 1 rings (SSSR count). The molecule has 17 heavy (non-hydrogen) atoms. The second-order valence-electron chi connectivity index (χ2n) is 5.47. The van der Waals surface area contributed by atoms with Crippen molar-refractivity contribution >= 4 is 11.6 Å². The molecular formula is C13H23ClN2O. The number of methoxy groups -OCH3 is 1. The Hall–Kier alpha value is -0.700. The van der Waals surface area contributed by atoms with E-state index in [2.05, 4.69) is 32.8 Å². The SMILES string of the molecule is COc1cnn(C(C)C)c1C(C)(C)CC(C)Cl. The van der Waals surface area contributed by atoms with Crippen LogP contribution in [0.5, 0.6) is 5.75 Å². The van der Waals surface area contributed by atoms with Crippen molar-refractivity contribution in [1.82, 2.24) is 9.78 Å². The van der Waals surface area contributed by atoms with E-state index in [9.17, 15) is 0 Å². The van der Waals surface area contributed by atoms with Gasteiger partial charge in [0.2, 0.25) is 0 Å². The maximum Gasteiger partial charge on any atom is 0.160 e. The third-order valence-corrected chi connectivity index (χ3v) is 3.06. The molecule has 0 amide bonds. The van der Waals surface area contributed by atoms with Gasteiger partial charge in [-0.05, 0) is 27.2 Å². The van der Waals surface area contributed by atoms with Crippen LogP contribution in [0.3, 0.4) is 0 Å². The Morgan fingerprint density at radius 2 is 2.00 bits per heavy atom. The van der Waals surface area contributed by atoms with Crippen molar-refractivity contribution in [3.05, 3.63) is 11.9 Å². The lowest BCUT2D eigenvalue weighted by atomic mass is 9.83. The molecule has 0 aromatic carbocycles. The Kier molecular flexibility index (Phi) is 4.48. The Labute approximate surface area is 109 Å². The van der Waals surface area contributed by atoms with E-state index in [1.807, 2.05) is 11.6 Å². The minimum Gasteiger partial charge on any atom is -0.493 e. The van der Waals surface area contributed by atoms with Gasteiger partial charge in [0.1, 0.15) is 0 Å². The van der Waals surface area contributed by atoms with Crippen molar-refractivity contribution in [2.45, 2.75) is 57.9 Å². The molecular weight excluding hydrogens is 236 g/mol. The summed E-state index contributed by atoms with van der Waals surface area (Å²) in [6.45, 7) is 10.6. The molecule has 0 aliphatic heterocycles. The second kappa shape index (κ2) is 5.30. The summed E-state index contributed by atoms with van der Waals surface area (Å²) in [6, 6.07) is 0.318. The molecule has 0 N–H and O–H groups in total. The van der Waals surface area contributed by atoms with Crippen molar-refractivity contribution in [3.8, 4) is 5.75 Å². The van der Waals surface area contributed by atoms with Gasteiger partial charge >= 0.3 is 0 Å². The molecule has 1 aromatic heterocycles. The first-order chi connectivity index (χ1) is 7.79. The highest BCUT2D eigenvalue weighted by atomic mass is 35.5. The number of rotatable bonds is 5. The lowest BCUT2D eigenvalue weighted by molar-refractivity contribution is 0.358. The maximum absolute atomic E-state index is 6.14. The highest BCUT2D eigenvalue weighted by Gasteiger charge is 2.31. The zero-order valence-electron chi connectivity index (χ0n) is 11.6. The van der Waals surface area contributed by atoms with E-state index >= 15 is 0 Å². The summed E-state index contributed by atoms with van der Waals surface area (Å²) in [4.78, 5) is 0. The maximum atomic E-state index is 6.14. The van der Waals surface area contributed by atoms with Crippen LogP contribution in [0.2, 0.25) is 0 Å². The van der Waals surface area contributed by atoms with E-state index in [-0.39, 0.29) is 10.8 Å². The number of alkyl halides is 1. The Morgan fingerprint density at radius 3 is 2.41 bits per heavy atom. The molecule has 4 heteroatoms. The summed E-state index contributed by atoms with van der Waals surface area (Å²) in [7, 11) is 1.69. The van der Waals surface area contributed by atoms with E-state index in [1.54, 1.807) is 13.3 Å². The number of ether oxygens (including phenoxy) is 1. The Bertz CT molecular complexity index is 369. The van der Waals surface area contributed by atoms with Crippen molar-refractivity contribution < 1.29 is 4.74 Å². The first-order valence-electron chi connectivity index (χ1n) is 6.05. The van der Waals surface area contributed by atoms with Gasteiger partial charge in [-0.2, -0.15) is 5.10 Å². The van der Waals surface area contributed by atoms with Crippen LogP contribution >= 0.6 is 11.6 Å². The van der Waals surface area contributed by atoms with Crippen LogP contribution in [0.25, 0.3) is 0 Å². The minimum absolute atomic E-state index is 0.0483. The van der Waals surface area contributed by atoms with Crippen LogP contribution in [0.15, 0.2) is 6.20 Å². The zero-order valence-corrected chi connectivity index (χ0v) is 12.4. The molecule has 0 radical (unpaired) electrons. The van der Waals surface area contributed by atoms with Crippen LogP contribution in [-0.4, -0.2) is 22.3 Å². The summed E-state index contributed by atoms with van der Waals surface area (Å²) in [5.41, 5.74) is 1.08. The Morgan fingerprint density at radius 1 is 1.41 bits per heavy atom. The van der Waals surface area contributed by atoms with Gasteiger partial charge in [-0.25, -0.2) is 0 Å². The van der Waals surface area contributed by atoms with Crippen LogP contribution in [0.4, 0.5) is 0 Å². The van der Waals surface area contributed by atoms with Crippen LogP contribution < -0.4 is 4.74 Å². The van der Waals surface area contributed by atoms with Gasteiger partial charge in [-0.15, -0.1) is 11.6 Å². The van der Waals surface area contributed by atoms with E-state index in [0.717, 1.165) is 17.9 Å². The lowest BCUT2D eigenvalue weighted by Gasteiger charge is -2.29. The highest BCUT2D eigenvalue weighted by Crippen LogP contribution is 2.37. The number of hydrogen-bond acceptors (Lipinski definition) is 2. The van der Waals surface area contributed by atoms with E-state index < -0.39 is 0 Å². The molecule has 1 heterocycles. The molecule has 0 saturated carbocycles. The van der Waals surface area contributed by atoms with Crippen LogP contribution in [0, 0.1) is 0 Å². The topological polar surface area (TPSA) is 27.1 Å². The summed E-state index contributed by atoms with van der Waals surface area (Å²) >= 11 is 6.14.